The Labute approximate surface area is 179 Å². The minimum atomic E-state index is -0.598. The Morgan fingerprint density at radius 1 is 0.867 bits per heavy atom. The molecule has 170 valence electrons. The second-order valence-corrected chi connectivity index (χ2v) is 9.74. The molecule has 1 aromatic rings. The van der Waals surface area contributed by atoms with Gasteiger partial charge in [-0.2, -0.15) is 5.10 Å². The molecule has 8 nitrogen and oxygen atoms in total. The van der Waals surface area contributed by atoms with E-state index in [0.717, 1.165) is 77.5 Å². The lowest BCUT2D eigenvalue weighted by Gasteiger charge is -2.45. The quantitative estimate of drug-likeness (QED) is 0.747. The third-order valence-corrected chi connectivity index (χ3v) is 7.91. The number of piperazine rings is 1. The van der Waals surface area contributed by atoms with E-state index in [1.807, 2.05) is 6.92 Å². The smallest absolute Gasteiger partial charge is 0.346 e. The van der Waals surface area contributed by atoms with E-state index in [2.05, 4.69) is 14.9 Å². The zero-order chi connectivity index (χ0) is 21.3. The van der Waals surface area contributed by atoms with Crippen LogP contribution < -0.4 is 5.69 Å². The largest absolute Gasteiger partial charge is 0.393 e. The Bertz CT molecular complexity index is 723. The molecule has 0 spiro atoms. The van der Waals surface area contributed by atoms with Crippen LogP contribution in [0, 0.1) is 0 Å². The van der Waals surface area contributed by atoms with Gasteiger partial charge in [0, 0.05) is 44.3 Å². The Kier molecular flexibility index (Phi) is 6.97. The summed E-state index contributed by atoms with van der Waals surface area (Å²) in [5.74, 6) is 0. The average Bonchev–Trinajstić information content (AvgIpc) is 3.15. The first-order chi connectivity index (χ1) is 14.4. The molecule has 2 aliphatic carbocycles. The minimum Gasteiger partial charge on any atom is -0.393 e. The predicted octanol–water partition coefficient (Wildman–Crippen LogP) is 1.39. The number of aliphatic hydroxyl groups is 2. The Hall–Kier alpha value is -1.22. The second kappa shape index (κ2) is 9.51. The zero-order valence-corrected chi connectivity index (χ0v) is 18.6. The summed E-state index contributed by atoms with van der Waals surface area (Å²) in [5.41, 5.74) is -0.0990. The molecule has 4 rings (SSSR count). The summed E-state index contributed by atoms with van der Waals surface area (Å²) in [4.78, 5) is 18.0. The number of aromatic nitrogens is 3. The van der Waals surface area contributed by atoms with Gasteiger partial charge in [0.05, 0.1) is 18.2 Å². The zero-order valence-electron chi connectivity index (χ0n) is 18.6. The van der Waals surface area contributed by atoms with E-state index in [9.17, 15) is 15.0 Å². The molecular weight excluding hydrogens is 382 g/mol. The highest BCUT2D eigenvalue weighted by Gasteiger charge is 2.32. The maximum atomic E-state index is 12.7. The van der Waals surface area contributed by atoms with Crippen LogP contribution in [0.15, 0.2) is 11.1 Å². The van der Waals surface area contributed by atoms with Gasteiger partial charge < -0.3 is 10.2 Å². The summed E-state index contributed by atoms with van der Waals surface area (Å²) in [5, 5.41) is 23.8. The van der Waals surface area contributed by atoms with Crippen LogP contribution in [0.3, 0.4) is 0 Å². The molecule has 2 atom stereocenters. The highest BCUT2D eigenvalue weighted by atomic mass is 16.3. The summed E-state index contributed by atoms with van der Waals surface area (Å²) in [6.07, 6.45) is 9.47. The highest BCUT2D eigenvalue weighted by molar-refractivity contribution is 4.89. The van der Waals surface area contributed by atoms with E-state index in [1.165, 1.54) is 4.68 Å². The first kappa shape index (κ1) is 22.0. The van der Waals surface area contributed by atoms with Crippen molar-refractivity contribution in [1.82, 2.24) is 24.1 Å². The first-order valence-corrected chi connectivity index (χ1v) is 11.9. The van der Waals surface area contributed by atoms with Crippen molar-refractivity contribution < 1.29 is 10.2 Å². The number of aliphatic hydroxyl groups excluding tert-OH is 2. The average molecular weight is 422 g/mol. The van der Waals surface area contributed by atoms with Crippen LogP contribution in [0.2, 0.25) is 0 Å². The summed E-state index contributed by atoms with van der Waals surface area (Å²) in [6, 6.07) is 1.20. The third-order valence-electron chi connectivity index (χ3n) is 7.91. The Morgan fingerprint density at radius 2 is 1.33 bits per heavy atom. The molecule has 1 aliphatic heterocycles. The Balaban J connectivity index is 1.26. The fraction of sp³-hybridized carbons (Fsp3) is 0.909. The molecule has 2 heterocycles. The van der Waals surface area contributed by atoms with Crippen LogP contribution in [0.25, 0.3) is 0 Å². The number of rotatable bonds is 5. The van der Waals surface area contributed by atoms with Gasteiger partial charge in [0.25, 0.3) is 0 Å². The summed E-state index contributed by atoms with van der Waals surface area (Å²) >= 11 is 0. The summed E-state index contributed by atoms with van der Waals surface area (Å²) in [6.45, 7) is 8.08. The van der Waals surface area contributed by atoms with Gasteiger partial charge in [-0.15, -0.1) is 0 Å². The van der Waals surface area contributed by atoms with E-state index < -0.39 is 6.10 Å². The Morgan fingerprint density at radius 3 is 1.83 bits per heavy atom. The molecule has 1 aromatic heterocycles. The molecule has 3 fully saturated rings. The lowest BCUT2D eigenvalue weighted by Crippen LogP contribution is -2.54. The van der Waals surface area contributed by atoms with Crippen molar-refractivity contribution in [3.63, 3.8) is 0 Å². The molecule has 8 heteroatoms. The molecule has 1 saturated heterocycles. The van der Waals surface area contributed by atoms with E-state index in [1.54, 1.807) is 17.8 Å². The fourth-order valence-electron chi connectivity index (χ4n) is 5.66. The molecular formula is C22H39N5O3. The van der Waals surface area contributed by atoms with Gasteiger partial charge in [-0.1, -0.05) is 0 Å². The van der Waals surface area contributed by atoms with E-state index in [4.69, 9.17) is 0 Å². The van der Waals surface area contributed by atoms with Gasteiger partial charge in [0.1, 0.15) is 6.33 Å². The topological polar surface area (TPSA) is 86.8 Å². The van der Waals surface area contributed by atoms with Crippen molar-refractivity contribution >= 4 is 0 Å². The van der Waals surface area contributed by atoms with Crippen molar-refractivity contribution in [3.8, 4) is 0 Å². The van der Waals surface area contributed by atoms with Crippen LogP contribution in [0.5, 0.6) is 0 Å². The van der Waals surface area contributed by atoms with E-state index in [0.29, 0.717) is 12.1 Å². The van der Waals surface area contributed by atoms with Crippen molar-refractivity contribution in [2.24, 2.45) is 0 Å². The van der Waals surface area contributed by atoms with E-state index in [-0.39, 0.29) is 23.9 Å². The third kappa shape index (κ3) is 4.66. The number of nitrogens with zero attached hydrogens (tertiary/aromatic N) is 5. The molecule has 3 aliphatic rings. The van der Waals surface area contributed by atoms with Gasteiger partial charge >= 0.3 is 5.69 Å². The van der Waals surface area contributed by atoms with Gasteiger partial charge in [-0.3, -0.25) is 14.4 Å². The number of hydrogen-bond acceptors (Lipinski definition) is 6. The van der Waals surface area contributed by atoms with Crippen LogP contribution >= 0.6 is 0 Å². The molecule has 0 amide bonds. The summed E-state index contributed by atoms with van der Waals surface area (Å²) in [7, 11) is 0. The minimum absolute atomic E-state index is 0.0763. The van der Waals surface area contributed by atoms with Crippen LogP contribution in [-0.2, 0) is 0 Å². The van der Waals surface area contributed by atoms with Crippen molar-refractivity contribution in [3.05, 3.63) is 16.8 Å². The molecule has 30 heavy (non-hydrogen) atoms. The lowest BCUT2D eigenvalue weighted by molar-refractivity contribution is 0.0236. The maximum Gasteiger partial charge on any atom is 0.346 e. The fourth-order valence-corrected chi connectivity index (χ4v) is 5.66. The maximum absolute atomic E-state index is 12.7. The molecule has 0 unspecified atom stereocenters. The van der Waals surface area contributed by atoms with Crippen LogP contribution in [0.4, 0.5) is 0 Å². The monoisotopic (exact) mass is 421 g/mol. The van der Waals surface area contributed by atoms with Crippen molar-refractivity contribution in [1.29, 1.82) is 0 Å². The van der Waals surface area contributed by atoms with E-state index >= 15 is 0 Å². The normalized spacial score (nSPS) is 34.0. The lowest BCUT2D eigenvalue weighted by atomic mass is 9.89. The standard InChI is InChI=1S/C22H39N5O3/c1-16(17(2)28)27-22(30)26(15-23-27)20-5-3-18(4-6-20)24-11-13-25(14-12-24)19-7-9-21(29)10-8-19/h15-21,28-29H,3-14H2,1-2H3/t16-,17+,18?,19?,20?,21?/m0/s1. The second-order valence-electron chi connectivity index (χ2n) is 9.74. The highest BCUT2D eigenvalue weighted by Crippen LogP contribution is 2.31. The van der Waals surface area contributed by atoms with Gasteiger partial charge in [0.15, 0.2) is 0 Å². The molecule has 0 aromatic carbocycles. The van der Waals surface area contributed by atoms with Gasteiger partial charge in [0.2, 0.25) is 0 Å². The molecule has 0 radical (unpaired) electrons. The predicted molar refractivity (Wildman–Crippen MR) is 116 cm³/mol. The molecule has 0 bridgehead atoms. The number of hydrogen-bond donors (Lipinski definition) is 2. The van der Waals surface area contributed by atoms with Crippen LogP contribution in [-0.4, -0.2) is 84.8 Å². The van der Waals surface area contributed by atoms with Gasteiger partial charge in [-0.25, -0.2) is 9.48 Å². The van der Waals surface area contributed by atoms with Crippen molar-refractivity contribution in [2.45, 2.75) is 102 Å². The SMILES string of the molecule is C[C@@H](O)[C@H](C)n1ncn(C2CCC(N3CCN(C4CCC(O)CC4)CC3)CC2)c1=O. The molecule has 2 saturated carbocycles. The van der Waals surface area contributed by atoms with Gasteiger partial charge in [-0.05, 0) is 65.2 Å². The van der Waals surface area contributed by atoms with Crippen molar-refractivity contribution in [2.75, 3.05) is 26.2 Å². The summed E-state index contributed by atoms with van der Waals surface area (Å²) < 4.78 is 3.20. The van der Waals surface area contributed by atoms with Crippen LogP contribution in [0.1, 0.15) is 77.3 Å². The first-order valence-electron chi connectivity index (χ1n) is 11.9. The molecule has 2 N–H and O–H groups in total.